The molecule has 0 aliphatic rings. The second-order valence-corrected chi connectivity index (χ2v) is 4.40. The number of allylic oxidation sites excluding steroid dienone is 1. The molecule has 0 N–H and O–H groups in total. The minimum Gasteiger partial charge on any atom is -0.457 e. The van der Waals surface area contributed by atoms with Gasteiger partial charge in [-0.25, -0.2) is 0 Å². The third-order valence-corrected chi connectivity index (χ3v) is 2.82. The van der Waals surface area contributed by atoms with Crippen LogP contribution < -0.4 is 4.74 Å². The first-order valence-corrected chi connectivity index (χ1v) is 6.16. The van der Waals surface area contributed by atoms with E-state index in [4.69, 9.17) is 4.74 Å². The fraction of sp³-hybridized carbons (Fsp3) is 0.118. The first-order valence-electron chi connectivity index (χ1n) is 6.16. The summed E-state index contributed by atoms with van der Waals surface area (Å²) in [6, 6.07) is 17.3. The van der Waals surface area contributed by atoms with Crippen molar-refractivity contribution in [3.8, 4) is 11.5 Å². The number of carbonyl (C=O) groups is 1. The molecular formula is C17H16O2. The molecule has 2 aromatic carbocycles. The van der Waals surface area contributed by atoms with Gasteiger partial charge in [0, 0.05) is 6.42 Å². The highest BCUT2D eigenvalue weighted by Crippen LogP contribution is 2.21. The molecule has 0 heterocycles. The maximum Gasteiger partial charge on any atom is 0.155 e. The van der Waals surface area contributed by atoms with E-state index in [-0.39, 0.29) is 5.78 Å². The molecule has 0 bridgehead atoms. The standard InChI is InChI=1S/C17H16O2/c1-13(14(2)18)12-15-8-10-17(11-9-15)19-16-6-4-3-5-7-16/h3-11H,1,12H2,2H3. The van der Waals surface area contributed by atoms with Crippen LogP contribution in [-0.4, -0.2) is 5.78 Å². The lowest BCUT2D eigenvalue weighted by atomic mass is 10.0. The van der Waals surface area contributed by atoms with Gasteiger partial charge in [0.25, 0.3) is 0 Å². The normalized spacial score (nSPS) is 9.95. The summed E-state index contributed by atoms with van der Waals surface area (Å²) in [5.41, 5.74) is 1.68. The predicted molar refractivity (Wildman–Crippen MR) is 76.5 cm³/mol. The van der Waals surface area contributed by atoms with Crippen molar-refractivity contribution in [1.29, 1.82) is 0 Å². The molecule has 2 nitrogen and oxygen atoms in total. The average Bonchev–Trinajstić information content (AvgIpc) is 2.42. The van der Waals surface area contributed by atoms with E-state index in [9.17, 15) is 4.79 Å². The molecule has 19 heavy (non-hydrogen) atoms. The van der Waals surface area contributed by atoms with Gasteiger partial charge in [0.15, 0.2) is 5.78 Å². The number of para-hydroxylation sites is 1. The Hall–Kier alpha value is -2.35. The molecule has 2 rings (SSSR count). The van der Waals surface area contributed by atoms with Crippen molar-refractivity contribution in [3.05, 3.63) is 72.3 Å². The number of Topliss-reactive ketones (excluding diaryl/α,β-unsaturated/α-hetero) is 1. The predicted octanol–water partition coefficient (Wildman–Crippen LogP) is 4.17. The van der Waals surface area contributed by atoms with Crippen molar-refractivity contribution in [2.75, 3.05) is 0 Å². The molecule has 0 radical (unpaired) electrons. The molecule has 0 aliphatic carbocycles. The van der Waals surface area contributed by atoms with Crippen molar-refractivity contribution in [2.45, 2.75) is 13.3 Å². The molecule has 96 valence electrons. The number of ketones is 1. The van der Waals surface area contributed by atoms with E-state index < -0.39 is 0 Å². The van der Waals surface area contributed by atoms with Crippen LogP contribution in [0.5, 0.6) is 11.5 Å². The summed E-state index contributed by atoms with van der Waals surface area (Å²) in [6.07, 6.45) is 0.584. The molecule has 0 amide bonds. The SMILES string of the molecule is C=C(Cc1ccc(Oc2ccccc2)cc1)C(C)=O. The third kappa shape index (κ3) is 3.81. The zero-order valence-electron chi connectivity index (χ0n) is 10.9. The third-order valence-electron chi connectivity index (χ3n) is 2.82. The van der Waals surface area contributed by atoms with Gasteiger partial charge in [0.05, 0.1) is 0 Å². The highest BCUT2D eigenvalue weighted by atomic mass is 16.5. The number of benzene rings is 2. The average molecular weight is 252 g/mol. The maximum atomic E-state index is 11.1. The van der Waals surface area contributed by atoms with Gasteiger partial charge in [-0.05, 0) is 42.3 Å². The second kappa shape index (κ2) is 6.01. The first kappa shape index (κ1) is 13.1. The van der Waals surface area contributed by atoms with Crippen molar-refractivity contribution in [3.63, 3.8) is 0 Å². The Morgan fingerprint density at radius 1 is 1.00 bits per heavy atom. The van der Waals surface area contributed by atoms with E-state index in [1.807, 2.05) is 54.6 Å². The molecular weight excluding hydrogens is 236 g/mol. The van der Waals surface area contributed by atoms with Gasteiger partial charge in [0.2, 0.25) is 0 Å². The van der Waals surface area contributed by atoms with E-state index in [2.05, 4.69) is 6.58 Å². The van der Waals surface area contributed by atoms with Gasteiger partial charge in [0.1, 0.15) is 11.5 Å². The van der Waals surface area contributed by atoms with Gasteiger partial charge >= 0.3 is 0 Å². The van der Waals surface area contributed by atoms with Crippen LogP contribution in [0.25, 0.3) is 0 Å². The number of rotatable bonds is 5. The molecule has 0 spiro atoms. The Morgan fingerprint density at radius 3 is 2.16 bits per heavy atom. The second-order valence-electron chi connectivity index (χ2n) is 4.40. The van der Waals surface area contributed by atoms with Gasteiger partial charge in [-0.3, -0.25) is 4.79 Å². The van der Waals surface area contributed by atoms with Crippen LogP contribution in [0.2, 0.25) is 0 Å². The van der Waals surface area contributed by atoms with Gasteiger partial charge in [-0.1, -0.05) is 36.9 Å². The molecule has 0 saturated heterocycles. The summed E-state index contributed by atoms with van der Waals surface area (Å²) >= 11 is 0. The Kier molecular flexibility index (Phi) is 4.14. The van der Waals surface area contributed by atoms with E-state index in [1.165, 1.54) is 6.92 Å². The van der Waals surface area contributed by atoms with E-state index >= 15 is 0 Å². The maximum absolute atomic E-state index is 11.1. The lowest BCUT2D eigenvalue weighted by molar-refractivity contribution is -0.113. The fourth-order valence-electron chi connectivity index (χ4n) is 1.67. The van der Waals surface area contributed by atoms with Crippen LogP contribution in [0.1, 0.15) is 12.5 Å². The Balaban J connectivity index is 2.03. The molecule has 0 aromatic heterocycles. The van der Waals surface area contributed by atoms with Crippen molar-refractivity contribution in [1.82, 2.24) is 0 Å². The number of hydrogen-bond donors (Lipinski definition) is 0. The van der Waals surface area contributed by atoms with Crippen molar-refractivity contribution >= 4 is 5.78 Å². The Labute approximate surface area is 113 Å². The van der Waals surface area contributed by atoms with Crippen LogP contribution in [-0.2, 0) is 11.2 Å². The first-order chi connectivity index (χ1) is 9.15. The number of carbonyl (C=O) groups excluding carboxylic acids is 1. The largest absolute Gasteiger partial charge is 0.457 e. The van der Waals surface area contributed by atoms with Crippen molar-refractivity contribution in [2.24, 2.45) is 0 Å². The Bertz CT molecular complexity index is 568. The minimum absolute atomic E-state index is 0.0320. The molecule has 2 heteroatoms. The molecule has 0 saturated carbocycles. The number of hydrogen-bond acceptors (Lipinski definition) is 2. The molecule has 2 aromatic rings. The monoisotopic (exact) mass is 252 g/mol. The zero-order chi connectivity index (χ0) is 13.7. The Morgan fingerprint density at radius 2 is 1.58 bits per heavy atom. The summed E-state index contributed by atoms with van der Waals surface area (Å²) in [7, 11) is 0. The fourth-order valence-corrected chi connectivity index (χ4v) is 1.67. The summed E-state index contributed by atoms with van der Waals surface area (Å²) in [4.78, 5) is 11.1. The van der Waals surface area contributed by atoms with E-state index in [1.54, 1.807) is 0 Å². The summed E-state index contributed by atoms with van der Waals surface area (Å²) in [5.74, 6) is 1.62. The quantitative estimate of drug-likeness (QED) is 0.747. The topological polar surface area (TPSA) is 26.3 Å². The van der Waals surface area contributed by atoms with Gasteiger partial charge in [-0.2, -0.15) is 0 Å². The summed E-state index contributed by atoms with van der Waals surface area (Å²) in [6.45, 7) is 5.30. The molecule has 0 fully saturated rings. The highest BCUT2D eigenvalue weighted by Gasteiger charge is 2.03. The molecule has 0 aliphatic heterocycles. The van der Waals surface area contributed by atoms with Crippen LogP contribution >= 0.6 is 0 Å². The lowest BCUT2D eigenvalue weighted by Gasteiger charge is -2.07. The smallest absolute Gasteiger partial charge is 0.155 e. The zero-order valence-corrected chi connectivity index (χ0v) is 10.9. The summed E-state index contributed by atoms with van der Waals surface area (Å²) < 4.78 is 5.70. The van der Waals surface area contributed by atoms with Crippen LogP contribution in [0, 0.1) is 0 Å². The van der Waals surface area contributed by atoms with Gasteiger partial charge < -0.3 is 4.74 Å². The molecule has 0 atom stereocenters. The molecule has 0 unspecified atom stereocenters. The minimum atomic E-state index is 0.0320. The summed E-state index contributed by atoms with van der Waals surface area (Å²) in [5, 5.41) is 0. The van der Waals surface area contributed by atoms with Crippen LogP contribution in [0.4, 0.5) is 0 Å². The van der Waals surface area contributed by atoms with E-state index in [0.717, 1.165) is 17.1 Å². The highest BCUT2D eigenvalue weighted by molar-refractivity contribution is 5.92. The lowest BCUT2D eigenvalue weighted by Crippen LogP contribution is -1.98. The van der Waals surface area contributed by atoms with Crippen molar-refractivity contribution < 1.29 is 9.53 Å². The van der Waals surface area contributed by atoms with Crippen LogP contribution in [0.15, 0.2) is 66.7 Å². The van der Waals surface area contributed by atoms with Crippen LogP contribution in [0.3, 0.4) is 0 Å². The number of ether oxygens (including phenoxy) is 1. The van der Waals surface area contributed by atoms with E-state index in [0.29, 0.717) is 12.0 Å². The van der Waals surface area contributed by atoms with Gasteiger partial charge in [-0.15, -0.1) is 0 Å².